The second-order valence-electron chi connectivity index (χ2n) is 10.8. The predicted molar refractivity (Wildman–Crippen MR) is 162 cm³/mol. The minimum Gasteiger partial charge on any atom is -0.350 e. The highest BCUT2D eigenvalue weighted by atomic mass is 32.1. The van der Waals surface area contributed by atoms with Crippen LogP contribution in [0.4, 0.5) is 0 Å². The Morgan fingerprint density at radius 2 is 1.82 bits per heavy atom. The fourth-order valence-electron chi connectivity index (χ4n) is 4.64. The number of aromatic nitrogens is 1. The second kappa shape index (κ2) is 15.3. The van der Waals surface area contributed by atoms with E-state index in [2.05, 4.69) is 72.3 Å². The van der Waals surface area contributed by atoms with Crippen LogP contribution >= 0.6 is 11.3 Å². The van der Waals surface area contributed by atoms with Crippen molar-refractivity contribution in [3.05, 3.63) is 40.9 Å². The molecule has 0 unspecified atom stereocenters. The number of likely N-dealkylation sites (N-methyl/N-ethyl adjacent to an activating group) is 1. The topological polar surface area (TPSA) is 107 Å². The van der Waals surface area contributed by atoms with Crippen molar-refractivity contribution in [2.45, 2.75) is 65.5 Å². The van der Waals surface area contributed by atoms with Crippen LogP contribution in [0.5, 0.6) is 0 Å². The molecular weight excluding hydrogens is 524 g/mol. The number of piperazine rings is 1. The molecule has 3 atom stereocenters. The van der Waals surface area contributed by atoms with Crippen molar-refractivity contribution >= 4 is 39.3 Å². The molecule has 2 aromatic rings. The summed E-state index contributed by atoms with van der Waals surface area (Å²) in [7, 11) is 2.10. The van der Waals surface area contributed by atoms with E-state index in [-0.39, 0.29) is 42.6 Å². The summed E-state index contributed by atoms with van der Waals surface area (Å²) in [5.74, 6) is -0.542. The summed E-state index contributed by atoms with van der Waals surface area (Å²) in [6.45, 7) is 16.6. The van der Waals surface area contributed by atoms with Crippen LogP contribution in [-0.2, 0) is 27.2 Å². The molecule has 1 saturated heterocycles. The van der Waals surface area contributed by atoms with Crippen molar-refractivity contribution in [3.8, 4) is 0 Å². The molecule has 2 heterocycles. The van der Waals surface area contributed by atoms with Crippen molar-refractivity contribution in [2.24, 2.45) is 5.92 Å². The number of carbonyl (C=O) groups excluding carboxylic acids is 3. The third-order valence-electron chi connectivity index (χ3n) is 7.73. The van der Waals surface area contributed by atoms with Crippen molar-refractivity contribution in [2.75, 3.05) is 46.3 Å². The molecule has 0 aliphatic carbocycles. The smallest absolute Gasteiger partial charge is 0.247 e. The zero-order valence-corrected chi connectivity index (χ0v) is 25.5. The predicted octanol–water partition coefficient (Wildman–Crippen LogP) is 2.75. The Labute approximate surface area is 242 Å². The van der Waals surface area contributed by atoms with Gasteiger partial charge in [-0.2, -0.15) is 0 Å². The highest BCUT2D eigenvalue weighted by molar-refractivity contribution is 7.18. The number of amides is 3. The van der Waals surface area contributed by atoms with Gasteiger partial charge in [0.15, 0.2) is 0 Å². The summed E-state index contributed by atoms with van der Waals surface area (Å²) in [5, 5.41) is 9.78. The van der Waals surface area contributed by atoms with E-state index >= 15 is 0 Å². The molecule has 1 aliphatic rings. The van der Waals surface area contributed by atoms with E-state index in [1.54, 1.807) is 18.3 Å². The monoisotopic (exact) mass is 570 g/mol. The number of carbonyl (C=O) groups is 3. The Morgan fingerprint density at radius 1 is 1.10 bits per heavy atom. The molecule has 9 nitrogen and oxygen atoms in total. The van der Waals surface area contributed by atoms with E-state index in [1.165, 1.54) is 5.56 Å². The minimum atomic E-state index is -0.756. The van der Waals surface area contributed by atoms with Gasteiger partial charge in [0.1, 0.15) is 6.04 Å². The Balaban J connectivity index is 1.64. The largest absolute Gasteiger partial charge is 0.350 e. The maximum atomic E-state index is 13.5. The highest BCUT2D eigenvalue weighted by Crippen LogP contribution is 2.24. The van der Waals surface area contributed by atoms with E-state index < -0.39 is 6.04 Å². The number of fused-ring (bicyclic) bond motifs is 1. The maximum Gasteiger partial charge on any atom is 0.247 e. The summed E-state index contributed by atoms with van der Waals surface area (Å²) in [5.41, 5.74) is 2.66. The van der Waals surface area contributed by atoms with Crippen molar-refractivity contribution in [1.82, 2.24) is 30.7 Å². The SMILES string of the molecule is C=C(CN1CCN(C)CC1)C(=O)NC[C@@H](NC(=O)[C@H](Cc1nc2ccc(CC)cc2s1)NC(=O)CC)[C@@H](C)CC. The highest BCUT2D eigenvalue weighted by Gasteiger charge is 2.27. The van der Waals surface area contributed by atoms with Gasteiger partial charge in [-0.25, -0.2) is 4.98 Å². The summed E-state index contributed by atoms with van der Waals surface area (Å²) in [4.78, 5) is 47.9. The zero-order chi connectivity index (χ0) is 29.2. The molecular formula is C30H46N6O3S. The van der Waals surface area contributed by atoms with Crippen LogP contribution in [0.1, 0.15) is 51.1 Å². The first-order chi connectivity index (χ1) is 19.1. The molecule has 3 N–H and O–H groups in total. The van der Waals surface area contributed by atoms with E-state index in [1.807, 2.05) is 6.07 Å². The fraction of sp³-hybridized carbons (Fsp3) is 0.600. The van der Waals surface area contributed by atoms with Gasteiger partial charge >= 0.3 is 0 Å². The van der Waals surface area contributed by atoms with Crippen LogP contribution in [0.3, 0.4) is 0 Å². The Hall–Kier alpha value is -2.82. The van der Waals surface area contributed by atoms with Crippen molar-refractivity contribution in [1.29, 1.82) is 0 Å². The molecule has 1 aliphatic heterocycles. The number of nitrogens with zero attached hydrogens (tertiary/aromatic N) is 3. The lowest BCUT2D eigenvalue weighted by Gasteiger charge is -2.32. The molecule has 0 radical (unpaired) electrons. The summed E-state index contributed by atoms with van der Waals surface area (Å²) in [6.07, 6.45) is 2.35. The molecule has 220 valence electrons. The Bertz CT molecular complexity index is 1170. The molecule has 10 heteroatoms. The summed E-state index contributed by atoms with van der Waals surface area (Å²) >= 11 is 1.55. The third-order valence-corrected chi connectivity index (χ3v) is 8.77. The summed E-state index contributed by atoms with van der Waals surface area (Å²) in [6, 6.07) is 5.16. The minimum absolute atomic E-state index is 0.118. The number of hydrogen-bond donors (Lipinski definition) is 3. The lowest BCUT2D eigenvalue weighted by molar-refractivity contribution is -0.129. The molecule has 3 amide bonds. The van der Waals surface area contributed by atoms with E-state index in [0.717, 1.165) is 54.2 Å². The normalized spacial score (nSPS) is 16.7. The molecule has 1 aromatic heterocycles. The molecule has 0 saturated carbocycles. The van der Waals surface area contributed by atoms with Crippen molar-refractivity contribution in [3.63, 3.8) is 0 Å². The van der Waals surface area contributed by atoms with Gasteiger partial charge in [-0.1, -0.05) is 46.8 Å². The fourth-order valence-corrected chi connectivity index (χ4v) is 5.72. The van der Waals surface area contributed by atoms with Crippen molar-refractivity contribution < 1.29 is 14.4 Å². The first-order valence-electron chi connectivity index (χ1n) is 14.5. The molecule has 3 rings (SSSR count). The van der Waals surface area contributed by atoms with Gasteiger partial charge in [0.25, 0.3) is 0 Å². The van der Waals surface area contributed by atoms with Gasteiger partial charge in [-0.15, -0.1) is 11.3 Å². The lowest BCUT2D eigenvalue weighted by Crippen LogP contribution is -2.54. The molecule has 1 fully saturated rings. The van der Waals surface area contributed by atoms with Gasteiger partial charge < -0.3 is 20.9 Å². The Kier molecular flexibility index (Phi) is 12.1. The van der Waals surface area contributed by atoms with Crippen LogP contribution in [-0.4, -0.2) is 90.9 Å². The standard InChI is InChI=1S/C30H46N6O3S/c1-7-20(4)25(18-31-29(38)21(5)19-36-14-12-35(6)13-15-36)34-30(39)24(32-27(37)9-3)17-28-33-23-11-10-22(8-2)16-26(23)40-28/h10-11,16,20,24-25H,5,7-9,12-15,17-19H2,1-4,6H3,(H,31,38)(H,32,37)(H,34,39)/t20-,24-,25+/m0/s1. The summed E-state index contributed by atoms with van der Waals surface area (Å²) < 4.78 is 1.08. The van der Waals surface area contributed by atoms with Gasteiger partial charge in [-0.3, -0.25) is 19.3 Å². The first-order valence-corrected chi connectivity index (χ1v) is 15.3. The van der Waals surface area contributed by atoms with E-state index in [0.29, 0.717) is 18.5 Å². The van der Waals surface area contributed by atoms with Crippen LogP contribution in [0.2, 0.25) is 0 Å². The molecule has 0 spiro atoms. The average Bonchev–Trinajstić information content (AvgIpc) is 3.36. The average molecular weight is 571 g/mol. The zero-order valence-electron chi connectivity index (χ0n) is 24.7. The third kappa shape index (κ3) is 9.11. The molecule has 1 aromatic carbocycles. The second-order valence-corrected chi connectivity index (χ2v) is 11.9. The van der Waals surface area contributed by atoms with Gasteiger partial charge in [0.2, 0.25) is 17.7 Å². The van der Waals surface area contributed by atoms with Crippen LogP contribution in [0.15, 0.2) is 30.4 Å². The van der Waals surface area contributed by atoms with Gasteiger partial charge in [0.05, 0.1) is 15.2 Å². The van der Waals surface area contributed by atoms with Crippen LogP contribution in [0.25, 0.3) is 10.2 Å². The first kappa shape index (κ1) is 31.7. The van der Waals surface area contributed by atoms with E-state index in [9.17, 15) is 14.4 Å². The number of hydrogen-bond acceptors (Lipinski definition) is 7. The van der Waals surface area contributed by atoms with Gasteiger partial charge in [-0.05, 0) is 37.1 Å². The number of aryl methyl sites for hydroxylation is 1. The number of nitrogens with one attached hydrogen (secondary N) is 3. The Morgan fingerprint density at radius 3 is 2.48 bits per heavy atom. The number of benzene rings is 1. The van der Waals surface area contributed by atoms with Crippen LogP contribution < -0.4 is 16.0 Å². The quantitative estimate of drug-likeness (QED) is 0.302. The number of rotatable bonds is 14. The maximum absolute atomic E-state index is 13.5. The van der Waals surface area contributed by atoms with Crippen LogP contribution in [0, 0.1) is 5.92 Å². The molecule has 40 heavy (non-hydrogen) atoms. The lowest BCUT2D eigenvalue weighted by atomic mass is 9.98. The number of thiazole rings is 1. The molecule has 0 bridgehead atoms. The van der Waals surface area contributed by atoms with Gasteiger partial charge in [0, 0.05) is 63.7 Å². The van der Waals surface area contributed by atoms with E-state index in [4.69, 9.17) is 4.98 Å².